The molecule has 2 aromatic carbocycles. The standard InChI is InChI=1S/C20H26N2O4S/c1-5-22(6-2)27(24,25)19-9-7-8-17(14-19)21-20(23)16(4)26-18-12-10-15(3)11-13-18/h7-14,16H,5-6H2,1-4H3,(H,21,23). The van der Waals surface area contributed by atoms with Crippen LogP contribution in [0.5, 0.6) is 5.75 Å². The molecule has 6 nitrogen and oxygen atoms in total. The fourth-order valence-electron chi connectivity index (χ4n) is 2.57. The summed E-state index contributed by atoms with van der Waals surface area (Å²) in [7, 11) is -3.58. The first-order valence-corrected chi connectivity index (χ1v) is 10.4. The van der Waals surface area contributed by atoms with Crippen LogP contribution < -0.4 is 10.1 Å². The summed E-state index contributed by atoms with van der Waals surface area (Å²) >= 11 is 0. The summed E-state index contributed by atoms with van der Waals surface area (Å²) in [5, 5.41) is 2.71. The number of benzene rings is 2. The van der Waals surface area contributed by atoms with E-state index >= 15 is 0 Å². The molecule has 1 amide bonds. The summed E-state index contributed by atoms with van der Waals surface area (Å²) in [6.07, 6.45) is -0.726. The molecular weight excluding hydrogens is 364 g/mol. The van der Waals surface area contributed by atoms with Gasteiger partial charge in [-0.15, -0.1) is 0 Å². The van der Waals surface area contributed by atoms with Crippen molar-refractivity contribution in [3.8, 4) is 5.75 Å². The van der Waals surface area contributed by atoms with Crippen LogP contribution in [0.15, 0.2) is 53.4 Å². The second-order valence-electron chi connectivity index (χ2n) is 6.18. The minimum absolute atomic E-state index is 0.149. The third kappa shape index (κ3) is 5.30. The molecule has 0 spiro atoms. The SMILES string of the molecule is CCN(CC)S(=O)(=O)c1cccc(NC(=O)C(C)Oc2ccc(C)cc2)c1. The van der Waals surface area contributed by atoms with Gasteiger partial charge in [-0.05, 0) is 44.2 Å². The van der Waals surface area contributed by atoms with E-state index in [1.54, 1.807) is 45.0 Å². The van der Waals surface area contributed by atoms with Crippen LogP contribution in [0.2, 0.25) is 0 Å². The van der Waals surface area contributed by atoms with E-state index in [9.17, 15) is 13.2 Å². The second-order valence-corrected chi connectivity index (χ2v) is 8.12. The predicted molar refractivity (Wildman–Crippen MR) is 106 cm³/mol. The molecule has 2 aromatic rings. The third-order valence-corrected chi connectivity index (χ3v) is 6.19. The Kier molecular flexibility index (Phi) is 6.98. The molecule has 27 heavy (non-hydrogen) atoms. The third-order valence-electron chi connectivity index (χ3n) is 4.15. The lowest BCUT2D eigenvalue weighted by Crippen LogP contribution is -2.31. The van der Waals surface area contributed by atoms with Gasteiger partial charge in [0.25, 0.3) is 5.91 Å². The molecule has 1 unspecified atom stereocenters. The maximum absolute atomic E-state index is 12.6. The number of carbonyl (C=O) groups excluding carboxylic acids is 1. The molecule has 0 aliphatic rings. The fourth-order valence-corrected chi connectivity index (χ4v) is 4.07. The maximum Gasteiger partial charge on any atom is 0.265 e. The Bertz CT molecular complexity index is 875. The molecule has 0 fully saturated rings. The number of aryl methyl sites for hydroxylation is 1. The molecule has 0 aromatic heterocycles. The van der Waals surface area contributed by atoms with E-state index in [0.29, 0.717) is 24.5 Å². The van der Waals surface area contributed by atoms with Gasteiger partial charge in [0.05, 0.1) is 4.90 Å². The minimum atomic E-state index is -3.58. The van der Waals surface area contributed by atoms with Crippen molar-refractivity contribution >= 4 is 21.6 Å². The number of hydrogen-bond acceptors (Lipinski definition) is 4. The first-order valence-electron chi connectivity index (χ1n) is 8.92. The van der Waals surface area contributed by atoms with Crippen LogP contribution in [0, 0.1) is 6.92 Å². The molecule has 0 aliphatic carbocycles. The zero-order chi connectivity index (χ0) is 20.0. The first kappa shape index (κ1) is 20.9. The van der Waals surface area contributed by atoms with Gasteiger partial charge < -0.3 is 10.1 Å². The number of nitrogens with zero attached hydrogens (tertiary/aromatic N) is 1. The van der Waals surface area contributed by atoms with E-state index in [-0.39, 0.29) is 10.8 Å². The molecule has 1 N–H and O–H groups in total. The number of amides is 1. The molecule has 0 heterocycles. The topological polar surface area (TPSA) is 75.7 Å². The number of rotatable bonds is 8. The van der Waals surface area contributed by atoms with Crippen LogP contribution in [0.4, 0.5) is 5.69 Å². The Morgan fingerprint density at radius 1 is 1.11 bits per heavy atom. The zero-order valence-corrected chi connectivity index (χ0v) is 16.9. The van der Waals surface area contributed by atoms with Crippen LogP contribution in [0.3, 0.4) is 0 Å². The molecule has 2 rings (SSSR count). The van der Waals surface area contributed by atoms with Crippen LogP contribution in [0.1, 0.15) is 26.3 Å². The number of hydrogen-bond donors (Lipinski definition) is 1. The van der Waals surface area contributed by atoms with Gasteiger partial charge in [0.2, 0.25) is 10.0 Å². The van der Waals surface area contributed by atoms with Crippen LogP contribution in [-0.2, 0) is 14.8 Å². The van der Waals surface area contributed by atoms with Gasteiger partial charge in [0.1, 0.15) is 5.75 Å². The van der Waals surface area contributed by atoms with Crippen molar-refractivity contribution in [2.75, 3.05) is 18.4 Å². The number of anilines is 1. The molecule has 0 saturated heterocycles. The molecular formula is C20H26N2O4S. The fraction of sp³-hybridized carbons (Fsp3) is 0.350. The minimum Gasteiger partial charge on any atom is -0.481 e. The van der Waals surface area contributed by atoms with Crippen LogP contribution >= 0.6 is 0 Å². The van der Waals surface area contributed by atoms with Crippen molar-refractivity contribution in [2.24, 2.45) is 0 Å². The molecule has 0 bridgehead atoms. The molecule has 0 radical (unpaired) electrons. The number of ether oxygens (including phenoxy) is 1. The van der Waals surface area contributed by atoms with Crippen molar-refractivity contribution in [2.45, 2.75) is 38.7 Å². The average molecular weight is 391 g/mol. The highest BCUT2D eigenvalue weighted by Gasteiger charge is 2.22. The van der Waals surface area contributed by atoms with Crippen molar-refractivity contribution in [1.82, 2.24) is 4.31 Å². The Morgan fingerprint density at radius 2 is 1.74 bits per heavy atom. The van der Waals surface area contributed by atoms with Crippen LogP contribution in [0.25, 0.3) is 0 Å². The van der Waals surface area contributed by atoms with Gasteiger partial charge in [-0.25, -0.2) is 8.42 Å². The van der Waals surface area contributed by atoms with Crippen molar-refractivity contribution in [3.63, 3.8) is 0 Å². The van der Waals surface area contributed by atoms with Crippen LogP contribution in [-0.4, -0.2) is 37.8 Å². The summed E-state index contributed by atoms with van der Waals surface area (Å²) < 4.78 is 32.3. The summed E-state index contributed by atoms with van der Waals surface area (Å²) in [5.41, 5.74) is 1.51. The number of carbonyl (C=O) groups is 1. The summed E-state index contributed by atoms with van der Waals surface area (Å²) in [6.45, 7) is 7.96. The Hall–Kier alpha value is -2.38. The van der Waals surface area contributed by atoms with Gasteiger partial charge >= 0.3 is 0 Å². The Balaban J connectivity index is 2.10. The van der Waals surface area contributed by atoms with E-state index in [0.717, 1.165) is 5.56 Å². The molecule has 0 aliphatic heterocycles. The first-order chi connectivity index (χ1) is 12.8. The maximum atomic E-state index is 12.6. The molecule has 1 atom stereocenters. The van der Waals surface area contributed by atoms with E-state index in [1.807, 2.05) is 19.1 Å². The van der Waals surface area contributed by atoms with E-state index in [4.69, 9.17) is 4.74 Å². The smallest absolute Gasteiger partial charge is 0.265 e. The second kappa shape index (κ2) is 9.01. The van der Waals surface area contributed by atoms with Gasteiger partial charge in [-0.2, -0.15) is 4.31 Å². The highest BCUT2D eigenvalue weighted by molar-refractivity contribution is 7.89. The van der Waals surface area contributed by atoms with Crippen molar-refractivity contribution < 1.29 is 17.9 Å². The van der Waals surface area contributed by atoms with Gasteiger partial charge in [-0.1, -0.05) is 37.6 Å². The summed E-state index contributed by atoms with van der Waals surface area (Å²) in [5.74, 6) is 0.245. The lowest BCUT2D eigenvalue weighted by molar-refractivity contribution is -0.122. The zero-order valence-electron chi connectivity index (χ0n) is 16.1. The highest BCUT2D eigenvalue weighted by Crippen LogP contribution is 2.20. The number of sulfonamides is 1. The molecule has 146 valence electrons. The van der Waals surface area contributed by atoms with Crippen molar-refractivity contribution in [3.05, 3.63) is 54.1 Å². The molecule has 7 heteroatoms. The van der Waals surface area contributed by atoms with Gasteiger partial charge in [0.15, 0.2) is 6.10 Å². The quantitative estimate of drug-likeness (QED) is 0.749. The summed E-state index contributed by atoms with van der Waals surface area (Å²) in [6, 6.07) is 13.7. The number of nitrogens with one attached hydrogen (secondary N) is 1. The van der Waals surface area contributed by atoms with E-state index in [1.165, 1.54) is 16.4 Å². The summed E-state index contributed by atoms with van der Waals surface area (Å²) in [4.78, 5) is 12.5. The Labute approximate surface area is 161 Å². The highest BCUT2D eigenvalue weighted by atomic mass is 32.2. The van der Waals surface area contributed by atoms with Gasteiger partial charge in [0, 0.05) is 18.8 Å². The lowest BCUT2D eigenvalue weighted by atomic mass is 10.2. The van der Waals surface area contributed by atoms with Crippen molar-refractivity contribution in [1.29, 1.82) is 0 Å². The van der Waals surface area contributed by atoms with Gasteiger partial charge in [-0.3, -0.25) is 4.79 Å². The normalized spacial score (nSPS) is 12.6. The van der Waals surface area contributed by atoms with E-state index < -0.39 is 16.1 Å². The Morgan fingerprint density at radius 3 is 2.33 bits per heavy atom. The largest absolute Gasteiger partial charge is 0.481 e. The predicted octanol–water partition coefficient (Wildman–Crippen LogP) is 3.43. The lowest BCUT2D eigenvalue weighted by Gasteiger charge is -2.19. The monoisotopic (exact) mass is 390 g/mol. The molecule has 0 saturated carbocycles. The van der Waals surface area contributed by atoms with E-state index in [2.05, 4.69) is 5.32 Å². The average Bonchev–Trinajstić information content (AvgIpc) is 2.64.